The fourth-order valence-corrected chi connectivity index (χ4v) is 3.87. The third kappa shape index (κ3) is 5.41. The number of halogens is 2. The second-order valence-electron chi connectivity index (χ2n) is 5.84. The van der Waals surface area contributed by atoms with E-state index in [0.717, 1.165) is 0 Å². The second kappa shape index (κ2) is 9.32. The van der Waals surface area contributed by atoms with Crippen molar-refractivity contribution in [3.8, 4) is 0 Å². The molecule has 9 heteroatoms. The van der Waals surface area contributed by atoms with Crippen molar-refractivity contribution >= 4 is 58.5 Å². The minimum atomic E-state index is -0.888. The van der Waals surface area contributed by atoms with Crippen LogP contribution in [-0.2, 0) is 19.1 Å². The molecular formula is C19H15Cl2NO5S. The third-order valence-electron chi connectivity index (χ3n) is 3.75. The number of nitrogens with one attached hydrogen (secondary N) is 1. The molecule has 0 unspecified atom stereocenters. The van der Waals surface area contributed by atoms with Gasteiger partial charge in [-0.1, -0.05) is 35.3 Å². The Morgan fingerprint density at radius 1 is 1.18 bits per heavy atom. The Balaban J connectivity index is 1.62. The van der Waals surface area contributed by atoms with Crippen molar-refractivity contribution in [2.75, 3.05) is 17.7 Å². The van der Waals surface area contributed by atoms with Gasteiger partial charge in [0, 0.05) is 27.0 Å². The van der Waals surface area contributed by atoms with Gasteiger partial charge in [-0.2, -0.15) is 0 Å². The van der Waals surface area contributed by atoms with Gasteiger partial charge in [-0.25, -0.2) is 9.59 Å². The van der Waals surface area contributed by atoms with E-state index in [1.807, 2.05) is 0 Å². The number of hydrogen-bond donors (Lipinski definition) is 1. The lowest BCUT2D eigenvalue weighted by molar-refractivity contribution is -0.145. The second-order valence-corrected chi connectivity index (χ2v) is 7.73. The van der Waals surface area contributed by atoms with Crippen LogP contribution in [-0.4, -0.2) is 36.3 Å². The number of ether oxygens (including phenoxy) is 2. The van der Waals surface area contributed by atoms with Gasteiger partial charge in [-0.15, -0.1) is 11.8 Å². The summed E-state index contributed by atoms with van der Waals surface area (Å²) in [7, 11) is 0. The van der Waals surface area contributed by atoms with E-state index >= 15 is 0 Å². The maximum absolute atomic E-state index is 12.4. The van der Waals surface area contributed by atoms with Crippen molar-refractivity contribution in [1.29, 1.82) is 0 Å². The normalized spacial score (nSPS) is 15.8. The predicted octanol–water partition coefficient (Wildman–Crippen LogP) is 4.20. The van der Waals surface area contributed by atoms with Gasteiger partial charge >= 0.3 is 11.9 Å². The van der Waals surface area contributed by atoms with Gasteiger partial charge in [0.05, 0.1) is 17.9 Å². The molecule has 1 atom stereocenters. The molecule has 0 bridgehead atoms. The van der Waals surface area contributed by atoms with Crippen molar-refractivity contribution in [1.82, 2.24) is 0 Å². The number of carbonyl (C=O) groups excluding carboxylic acids is 3. The molecule has 1 heterocycles. The zero-order valence-corrected chi connectivity index (χ0v) is 16.8. The van der Waals surface area contributed by atoms with Gasteiger partial charge in [-0.3, -0.25) is 4.79 Å². The van der Waals surface area contributed by atoms with Crippen molar-refractivity contribution in [3.05, 3.63) is 58.1 Å². The summed E-state index contributed by atoms with van der Waals surface area (Å²) in [6.45, 7) is 0.237. The Kier molecular flexibility index (Phi) is 6.83. The summed E-state index contributed by atoms with van der Waals surface area (Å²) in [5.41, 5.74) is 0.765. The quantitative estimate of drug-likeness (QED) is 0.536. The minimum Gasteiger partial charge on any atom is -0.463 e. The lowest BCUT2D eigenvalue weighted by Crippen LogP contribution is -2.23. The molecular weight excluding hydrogens is 425 g/mol. The Morgan fingerprint density at radius 2 is 1.89 bits per heavy atom. The SMILES string of the molecule is O=C(CSc1ccccc1C(=O)O[C@H]1CCOC1=O)Nc1cc(Cl)cc(Cl)c1. The molecule has 2 aromatic carbocycles. The lowest BCUT2D eigenvalue weighted by Gasteiger charge is -2.12. The van der Waals surface area contributed by atoms with Gasteiger partial charge in [0.25, 0.3) is 0 Å². The molecule has 0 spiro atoms. The van der Waals surface area contributed by atoms with Gasteiger partial charge < -0.3 is 14.8 Å². The van der Waals surface area contributed by atoms with Crippen molar-refractivity contribution in [3.63, 3.8) is 0 Å². The van der Waals surface area contributed by atoms with E-state index in [2.05, 4.69) is 5.32 Å². The molecule has 1 fully saturated rings. The van der Waals surface area contributed by atoms with Crippen LogP contribution >= 0.6 is 35.0 Å². The van der Waals surface area contributed by atoms with E-state index in [1.165, 1.54) is 11.8 Å². The Hall–Kier alpha value is -2.22. The molecule has 28 heavy (non-hydrogen) atoms. The highest BCUT2D eigenvalue weighted by Gasteiger charge is 2.31. The molecule has 0 aromatic heterocycles. The van der Waals surface area contributed by atoms with Crippen LogP contribution in [0.5, 0.6) is 0 Å². The highest BCUT2D eigenvalue weighted by Crippen LogP contribution is 2.26. The molecule has 0 saturated carbocycles. The molecule has 1 aliphatic heterocycles. The number of amides is 1. The molecule has 0 radical (unpaired) electrons. The van der Waals surface area contributed by atoms with Gasteiger partial charge in [0.1, 0.15) is 0 Å². The number of hydrogen-bond acceptors (Lipinski definition) is 6. The van der Waals surface area contributed by atoms with E-state index < -0.39 is 18.0 Å². The Labute approximate surface area is 175 Å². The van der Waals surface area contributed by atoms with E-state index in [1.54, 1.807) is 42.5 Å². The first-order valence-corrected chi connectivity index (χ1v) is 10.0. The van der Waals surface area contributed by atoms with Gasteiger partial charge in [0.2, 0.25) is 12.0 Å². The number of carbonyl (C=O) groups is 3. The molecule has 1 N–H and O–H groups in total. The van der Waals surface area contributed by atoms with Crippen LogP contribution in [0, 0.1) is 0 Å². The molecule has 0 aliphatic carbocycles. The summed E-state index contributed by atoms with van der Waals surface area (Å²) in [4.78, 5) is 36.7. The average Bonchev–Trinajstić information content (AvgIpc) is 3.04. The Bertz CT molecular complexity index is 901. The fraction of sp³-hybridized carbons (Fsp3) is 0.211. The van der Waals surface area contributed by atoms with Crippen LogP contribution in [0.15, 0.2) is 47.4 Å². The first kappa shape index (κ1) is 20.5. The maximum Gasteiger partial charge on any atom is 0.347 e. The van der Waals surface area contributed by atoms with Crippen LogP contribution in [0.25, 0.3) is 0 Å². The standard InChI is InChI=1S/C19H15Cl2NO5S/c20-11-7-12(21)9-13(8-11)22-17(23)10-28-16-4-2-1-3-14(16)18(24)27-15-5-6-26-19(15)25/h1-4,7-9,15H,5-6,10H2,(H,22,23)/t15-/m0/s1. The molecule has 1 amide bonds. The fourth-order valence-electron chi connectivity index (χ4n) is 2.50. The highest BCUT2D eigenvalue weighted by atomic mass is 35.5. The van der Waals surface area contributed by atoms with Crippen LogP contribution in [0.4, 0.5) is 5.69 Å². The molecule has 2 aromatic rings. The highest BCUT2D eigenvalue weighted by molar-refractivity contribution is 8.00. The zero-order chi connectivity index (χ0) is 20.1. The Morgan fingerprint density at radius 3 is 2.57 bits per heavy atom. The van der Waals surface area contributed by atoms with Crippen molar-refractivity contribution in [2.24, 2.45) is 0 Å². The summed E-state index contributed by atoms with van der Waals surface area (Å²) in [6.07, 6.45) is -0.550. The van der Waals surface area contributed by atoms with Crippen LogP contribution in [0.3, 0.4) is 0 Å². The first-order valence-electron chi connectivity index (χ1n) is 8.28. The van der Waals surface area contributed by atoms with Crippen LogP contribution in [0.1, 0.15) is 16.8 Å². The van der Waals surface area contributed by atoms with E-state index in [-0.39, 0.29) is 23.8 Å². The third-order valence-corrected chi connectivity index (χ3v) is 5.26. The van der Waals surface area contributed by atoms with Crippen molar-refractivity contribution < 1.29 is 23.9 Å². The summed E-state index contributed by atoms with van der Waals surface area (Å²) in [5, 5.41) is 3.52. The number of esters is 2. The summed E-state index contributed by atoms with van der Waals surface area (Å²) < 4.78 is 10.0. The van der Waals surface area contributed by atoms with E-state index in [4.69, 9.17) is 32.7 Å². The van der Waals surface area contributed by atoms with Crippen LogP contribution in [0.2, 0.25) is 10.0 Å². The number of cyclic esters (lactones) is 1. The average molecular weight is 440 g/mol. The monoisotopic (exact) mass is 439 g/mol. The predicted molar refractivity (Wildman–Crippen MR) is 107 cm³/mol. The largest absolute Gasteiger partial charge is 0.463 e. The summed E-state index contributed by atoms with van der Waals surface area (Å²) in [5.74, 6) is -1.40. The first-order chi connectivity index (χ1) is 13.4. The number of anilines is 1. The topological polar surface area (TPSA) is 81.7 Å². The summed E-state index contributed by atoms with van der Waals surface area (Å²) >= 11 is 13.0. The van der Waals surface area contributed by atoms with Crippen molar-refractivity contribution in [2.45, 2.75) is 17.4 Å². The van der Waals surface area contributed by atoms with E-state index in [9.17, 15) is 14.4 Å². The maximum atomic E-state index is 12.4. The molecule has 1 saturated heterocycles. The zero-order valence-electron chi connectivity index (χ0n) is 14.4. The van der Waals surface area contributed by atoms with Gasteiger partial charge in [-0.05, 0) is 30.3 Å². The summed E-state index contributed by atoms with van der Waals surface area (Å²) in [6, 6.07) is 11.5. The molecule has 6 nitrogen and oxygen atoms in total. The smallest absolute Gasteiger partial charge is 0.347 e. The molecule has 146 valence electrons. The van der Waals surface area contributed by atoms with Gasteiger partial charge in [0.15, 0.2) is 0 Å². The number of rotatable bonds is 6. The minimum absolute atomic E-state index is 0.0555. The number of benzene rings is 2. The number of thioether (sulfide) groups is 1. The van der Waals surface area contributed by atoms with E-state index in [0.29, 0.717) is 27.0 Å². The molecule has 1 aliphatic rings. The molecule has 3 rings (SSSR count). The van der Waals surface area contributed by atoms with Crippen LogP contribution < -0.4 is 5.32 Å². The lowest BCUT2D eigenvalue weighted by atomic mass is 10.2.